The topological polar surface area (TPSA) is 96.0 Å². The number of benzene rings is 1. The maximum Gasteiger partial charge on any atom is 0.313 e. The Morgan fingerprint density at radius 2 is 1.94 bits per heavy atom. The van der Waals surface area contributed by atoms with Crippen molar-refractivity contribution in [3.05, 3.63) is 84.4 Å². The van der Waals surface area contributed by atoms with Crippen molar-refractivity contribution in [2.24, 2.45) is 10.2 Å². The highest BCUT2D eigenvalue weighted by Gasteiger charge is 2.26. The van der Waals surface area contributed by atoms with E-state index >= 15 is 0 Å². The summed E-state index contributed by atoms with van der Waals surface area (Å²) in [5.74, 6) is -0.566. The zero-order chi connectivity index (χ0) is 22.6. The van der Waals surface area contributed by atoms with Crippen molar-refractivity contribution in [3.63, 3.8) is 0 Å². The number of hydrogen-bond donors (Lipinski definition) is 1. The van der Waals surface area contributed by atoms with Crippen LogP contribution in [-0.4, -0.2) is 37.0 Å². The van der Waals surface area contributed by atoms with Gasteiger partial charge in [0.15, 0.2) is 5.69 Å². The molecule has 3 aromatic heterocycles. The molecule has 0 spiro atoms. The van der Waals surface area contributed by atoms with Crippen LogP contribution in [0.15, 0.2) is 83.4 Å². The first-order valence-corrected chi connectivity index (χ1v) is 11.0. The maximum absolute atomic E-state index is 12.4. The molecule has 1 aromatic carbocycles. The van der Waals surface area contributed by atoms with Crippen LogP contribution in [0.5, 0.6) is 5.88 Å². The summed E-state index contributed by atoms with van der Waals surface area (Å²) in [6, 6.07) is 16.9. The van der Waals surface area contributed by atoms with Gasteiger partial charge in [-0.3, -0.25) is 24.2 Å². The predicted octanol–water partition coefficient (Wildman–Crippen LogP) is 5.25. The normalized spacial score (nSPS) is 17.0. The molecule has 8 nitrogen and oxygen atoms in total. The van der Waals surface area contributed by atoms with E-state index in [4.69, 9.17) is 0 Å². The van der Waals surface area contributed by atoms with Crippen molar-refractivity contribution >= 4 is 22.5 Å². The van der Waals surface area contributed by atoms with Crippen LogP contribution in [0, 0.1) is 0 Å². The number of carbonyl (C=O) groups excluding carboxylic acids is 1. The Bertz CT molecular complexity index is 1290. The Morgan fingerprint density at radius 3 is 2.76 bits per heavy atom. The summed E-state index contributed by atoms with van der Waals surface area (Å²) in [5, 5.41) is 19.8. The van der Waals surface area contributed by atoms with Crippen molar-refractivity contribution in [1.29, 1.82) is 0 Å². The minimum Gasteiger partial charge on any atom is -0.493 e. The summed E-state index contributed by atoms with van der Waals surface area (Å²) in [7, 11) is 0. The van der Waals surface area contributed by atoms with Gasteiger partial charge in [0.05, 0.1) is 12.2 Å². The molecule has 4 aromatic rings. The molecule has 5 rings (SSSR count). The molecule has 0 aliphatic carbocycles. The van der Waals surface area contributed by atoms with Gasteiger partial charge in [0.2, 0.25) is 5.88 Å². The van der Waals surface area contributed by atoms with E-state index in [1.165, 1.54) is 11.8 Å². The summed E-state index contributed by atoms with van der Waals surface area (Å²) in [5.41, 5.74) is 2.50. The van der Waals surface area contributed by atoms with Crippen LogP contribution in [0.3, 0.4) is 0 Å². The number of hydrogen-bond acceptors (Lipinski definition) is 6. The highest BCUT2D eigenvalue weighted by atomic mass is 16.3. The third kappa shape index (κ3) is 4.25. The first kappa shape index (κ1) is 21.0. The summed E-state index contributed by atoms with van der Waals surface area (Å²) in [4.78, 5) is 23.0. The number of amides is 1. The third-order valence-electron chi connectivity index (χ3n) is 6.05. The van der Waals surface area contributed by atoms with E-state index in [9.17, 15) is 9.90 Å². The largest absolute Gasteiger partial charge is 0.493 e. The summed E-state index contributed by atoms with van der Waals surface area (Å²) >= 11 is 0. The van der Waals surface area contributed by atoms with Gasteiger partial charge in [-0.25, -0.2) is 0 Å². The lowest BCUT2D eigenvalue weighted by Gasteiger charge is -2.36. The Labute approximate surface area is 191 Å². The lowest BCUT2D eigenvalue weighted by molar-refractivity contribution is 0.0990. The average Bonchev–Trinajstić information content (AvgIpc) is 3.14. The van der Waals surface area contributed by atoms with Gasteiger partial charge in [-0.15, -0.1) is 10.2 Å². The maximum atomic E-state index is 12.4. The second-order valence-electron chi connectivity index (χ2n) is 8.09. The first-order chi connectivity index (χ1) is 16.2. The SMILES string of the molecule is O=C(N=Nc1c(O)n(CN2CCCCC2c2cccnc2)c2ccccc12)c1ccccn1. The molecule has 8 heteroatoms. The number of rotatable bonds is 5. The Kier molecular flexibility index (Phi) is 5.91. The standard InChI is InChI=1S/C25H24N6O2/c32-24(20-10-3-5-14-27-20)29-28-23-19-9-1-2-12-22(19)31(25(23)33)17-30-15-6-4-11-21(30)18-8-7-13-26-16-18/h1-3,5,7-10,12-14,16,21,33H,4,6,11,15,17H2. The average molecular weight is 441 g/mol. The van der Waals surface area contributed by atoms with Crippen molar-refractivity contribution in [2.75, 3.05) is 6.54 Å². The monoisotopic (exact) mass is 440 g/mol. The van der Waals surface area contributed by atoms with Gasteiger partial charge in [-0.05, 0) is 42.7 Å². The molecule has 33 heavy (non-hydrogen) atoms. The van der Waals surface area contributed by atoms with Crippen LogP contribution < -0.4 is 0 Å². The van der Waals surface area contributed by atoms with Crippen molar-refractivity contribution in [1.82, 2.24) is 19.4 Å². The molecule has 1 aliphatic heterocycles. The van der Waals surface area contributed by atoms with Crippen LogP contribution in [0.2, 0.25) is 0 Å². The molecule has 1 unspecified atom stereocenters. The van der Waals surface area contributed by atoms with Gasteiger partial charge in [0.1, 0.15) is 5.69 Å². The van der Waals surface area contributed by atoms with E-state index in [1.807, 2.05) is 41.1 Å². The van der Waals surface area contributed by atoms with Gasteiger partial charge in [0.25, 0.3) is 0 Å². The third-order valence-corrected chi connectivity index (χ3v) is 6.05. The summed E-state index contributed by atoms with van der Waals surface area (Å²) in [6.45, 7) is 1.41. The van der Waals surface area contributed by atoms with Crippen LogP contribution in [0.1, 0.15) is 41.4 Å². The lowest BCUT2D eigenvalue weighted by atomic mass is 9.97. The molecule has 166 valence electrons. The summed E-state index contributed by atoms with van der Waals surface area (Å²) in [6.07, 6.45) is 8.52. The fourth-order valence-electron chi connectivity index (χ4n) is 4.44. The second-order valence-corrected chi connectivity index (χ2v) is 8.09. The first-order valence-electron chi connectivity index (χ1n) is 11.0. The number of aromatic nitrogens is 3. The van der Waals surface area contributed by atoms with Gasteiger partial charge >= 0.3 is 5.91 Å². The number of azo groups is 1. The van der Waals surface area contributed by atoms with Crippen LogP contribution >= 0.6 is 0 Å². The van der Waals surface area contributed by atoms with Crippen LogP contribution in [0.25, 0.3) is 10.9 Å². The summed E-state index contributed by atoms with van der Waals surface area (Å²) < 4.78 is 1.84. The van der Waals surface area contributed by atoms with Gasteiger partial charge in [0, 0.05) is 36.6 Å². The highest BCUT2D eigenvalue weighted by Crippen LogP contribution is 2.40. The van der Waals surface area contributed by atoms with Crippen LogP contribution in [-0.2, 0) is 6.67 Å². The number of fused-ring (bicyclic) bond motifs is 1. The number of aromatic hydroxyl groups is 1. The predicted molar refractivity (Wildman–Crippen MR) is 124 cm³/mol. The zero-order valence-electron chi connectivity index (χ0n) is 18.1. The molecular weight excluding hydrogens is 416 g/mol. The smallest absolute Gasteiger partial charge is 0.313 e. The number of piperidine rings is 1. The van der Waals surface area contributed by atoms with E-state index in [0.29, 0.717) is 6.67 Å². The number of para-hydroxylation sites is 1. The van der Waals surface area contributed by atoms with Crippen molar-refractivity contribution in [2.45, 2.75) is 32.0 Å². The molecule has 1 amide bonds. The van der Waals surface area contributed by atoms with Gasteiger partial charge in [-0.1, -0.05) is 36.8 Å². The Balaban J connectivity index is 1.48. The molecule has 1 saturated heterocycles. The van der Waals surface area contributed by atoms with Gasteiger partial charge < -0.3 is 5.11 Å². The molecule has 0 saturated carbocycles. The number of carbonyl (C=O) groups is 1. The zero-order valence-corrected chi connectivity index (χ0v) is 18.1. The number of pyridine rings is 2. The molecule has 1 N–H and O–H groups in total. The molecule has 4 heterocycles. The Hall–Kier alpha value is -3.91. The van der Waals surface area contributed by atoms with E-state index in [0.717, 1.165) is 36.7 Å². The lowest BCUT2D eigenvalue weighted by Crippen LogP contribution is -2.34. The van der Waals surface area contributed by atoms with E-state index in [1.54, 1.807) is 24.4 Å². The molecule has 0 radical (unpaired) electrons. The van der Waals surface area contributed by atoms with Crippen molar-refractivity contribution in [3.8, 4) is 5.88 Å². The molecule has 1 fully saturated rings. The van der Waals surface area contributed by atoms with E-state index < -0.39 is 5.91 Å². The molecule has 1 atom stereocenters. The van der Waals surface area contributed by atoms with Gasteiger partial charge in [-0.2, -0.15) is 0 Å². The quantitative estimate of drug-likeness (QED) is 0.428. The Morgan fingerprint density at radius 1 is 1.06 bits per heavy atom. The fraction of sp³-hybridized carbons (Fsp3) is 0.240. The second kappa shape index (κ2) is 9.30. The minimum atomic E-state index is -0.556. The number of likely N-dealkylation sites (tertiary alicyclic amines) is 1. The van der Waals surface area contributed by atoms with Crippen LogP contribution in [0.4, 0.5) is 5.69 Å². The number of nitrogens with zero attached hydrogens (tertiary/aromatic N) is 6. The minimum absolute atomic E-state index is 0.00992. The van der Waals surface area contributed by atoms with Crippen molar-refractivity contribution < 1.29 is 9.90 Å². The molecule has 0 bridgehead atoms. The fourth-order valence-corrected chi connectivity index (χ4v) is 4.44. The molecule has 1 aliphatic rings. The van der Waals surface area contributed by atoms with E-state index in [-0.39, 0.29) is 23.3 Å². The molecular formula is C25H24N6O2. The van der Waals surface area contributed by atoms with E-state index in [2.05, 4.69) is 31.2 Å². The highest BCUT2D eigenvalue weighted by molar-refractivity contribution is 5.96.